The van der Waals surface area contributed by atoms with E-state index in [2.05, 4.69) is 26.7 Å². The van der Waals surface area contributed by atoms with Gasteiger partial charge in [-0.05, 0) is 43.2 Å². The number of hydrogen-bond donors (Lipinski definition) is 3. The van der Waals surface area contributed by atoms with Crippen LogP contribution in [0.3, 0.4) is 0 Å². The number of carbonyl (C=O) groups excluding carboxylic acids is 1. The second kappa shape index (κ2) is 8.10. The number of amides is 2. The van der Waals surface area contributed by atoms with E-state index in [4.69, 9.17) is 10.6 Å². The summed E-state index contributed by atoms with van der Waals surface area (Å²) in [4.78, 5) is 11.4. The molecule has 1 unspecified atom stereocenters. The van der Waals surface area contributed by atoms with Crippen molar-refractivity contribution in [2.24, 2.45) is 5.84 Å². The number of hydrogen-bond acceptors (Lipinski definition) is 3. The number of nitrogens with two attached hydrogens (primary N) is 1. The molecule has 6 heteroatoms. The fraction of sp³-hybridized carbons (Fsp3) is 0.235. The number of benzene rings is 2. The molecule has 2 amide bonds. The molecule has 5 nitrogen and oxygen atoms in total. The lowest BCUT2D eigenvalue weighted by atomic mass is 10.1. The number of urea groups is 1. The minimum Gasteiger partial charge on any atom is -0.369 e. The van der Waals surface area contributed by atoms with E-state index in [1.807, 2.05) is 56.3 Å². The zero-order chi connectivity index (χ0) is 16.8. The molecule has 0 aliphatic carbocycles. The second-order valence-electron chi connectivity index (χ2n) is 5.20. The van der Waals surface area contributed by atoms with E-state index in [0.29, 0.717) is 12.3 Å². The Bertz CT molecular complexity index is 674. The largest absolute Gasteiger partial charge is 0.369 e. The third-order valence-electron chi connectivity index (χ3n) is 3.61. The highest BCUT2D eigenvalue weighted by molar-refractivity contribution is 9.10. The quantitative estimate of drug-likeness (QED) is 0.418. The molecule has 0 bridgehead atoms. The summed E-state index contributed by atoms with van der Waals surface area (Å²) in [6.07, 6.45) is -0.0566. The molecule has 2 aromatic carbocycles. The summed E-state index contributed by atoms with van der Waals surface area (Å²) in [7, 11) is 0. The van der Waals surface area contributed by atoms with E-state index in [9.17, 15) is 4.79 Å². The van der Waals surface area contributed by atoms with Gasteiger partial charge in [0.1, 0.15) is 0 Å². The van der Waals surface area contributed by atoms with Gasteiger partial charge in [0.15, 0.2) is 0 Å². The van der Waals surface area contributed by atoms with E-state index < -0.39 is 6.03 Å². The first-order valence-electron chi connectivity index (χ1n) is 7.24. The minimum atomic E-state index is -0.460. The first-order valence-corrected chi connectivity index (χ1v) is 8.03. The Hall–Kier alpha value is -1.89. The van der Waals surface area contributed by atoms with Crippen LogP contribution in [0.1, 0.15) is 29.7 Å². The number of anilines is 1. The third-order valence-corrected chi connectivity index (χ3v) is 4.14. The maximum Gasteiger partial charge on any atom is 0.333 e. The average molecular weight is 378 g/mol. The molecule has 0 fully saturated rings. The Morgan fingerprint density at radius 2 is 1.96 bits per heavy atom. The van der Waals surface area contributed by atoms with Crippen LogP contribution in [0.15, 0.2) is 46.9 Å². The number of hydrazine groups is 1. The van der Waals surface area contributed by atoms with E-state index in [0.717, 1.165) is 21.2 Å². The maximum absolute atomic E-state index is 11.4. The zero-order valence-corrected chi connectivity index (χ0v) is 14.7. The minimum absolute atomic E-state index is 0.0566. The van der Waals surface area contributed by atoms with E-state index >= 15 is 0 Å². The molecule has 122 valence electrons. The molecular weight excluding hydrogens is 358 g/mol. The van der Waals surface area contributed by atoms with Crippen LogP contribution in [0.4, 0.5) is 10.5 Å². The summed E-state index contributed by atoms with van der Waals surface area (Å²) in [5.74, 6) is 5.12. The first-order chi connectivity index (χ1) is 11.0. The van der Waals surface area contributed by atoms with Gasteiger partial charge in [0, 0.05) is 15.7 Å². The molecule has 0 aliphatic heterocycles. The SMILES string of the molecule is Cc1cccc(NC(=O)NN)c1COC(C)c1ccc(Br)cc1. The number of nitrogens with one attached hydrogen (secondary N) is 2. The molecule has 0 saturated heterocycles. The Balaban J connectivity index is 2.10. The van der Waals surface area contributed by atoms with Gasteiger partial charge in [-0.3, -0.25) is 5.43 Å². The summed E-state index contributed by atoms with van der Waals surface area (Å²) in [6.45, 7) is 4.37. The fourth-order valence-electron chi connectivity index (χ4n) is 2.21. The summed E-state index contributed by atoms with van der Waals surface area (Å²) in [5, 5.41) is 2.71. The van der Waals surface area contributed by atoms with Crippen molar-refractivity contribution in [2.45, 2.75) is 26.6 Å². The normalized spacial score (nSPS) is 11.8. The third kappa shape index (κ3) is 4.79. The Labute approximate surface area is 144 Å². The Morgan fingerprint density at radius 1 is 1.26 bits per heavy atom. The highest BCUT2D eigenvalue weighted by Gasteiger charge is 2.11. The maximum atomic E-state index is 11.4. The van der Waals surface area contributed by atoms with Crippen LogP contribution >= 0.6 is 15.9 Å². The van der Waals surface area contributed by atoms with Crippen LogP contribution in [0, 0.1) is 6.92 Å². The van der Waals surface area contributed by atoms with Crippen molar-refractivity contribution in [2.75, 3.05) is 5.32 Å². The van der Waals surface area contributed by atoms with E-state index in [1.165, 1.54) is 0 Å². The molecule has 2 aromatic rings. The standard InChI is InChI=1S/C17H20BrN3O2/c1-11-4-3-5-16(20-17(22)21-19)15(11)10-23-12(2)13-6-8-14(18)9-7-13/h3-9,12H,10,19H2,1-2H3,(H2,20,21,22). The van der Waals surface area contributed by atoms with Crippen molar-refractivity contribution in [3.8, 4) is 0 Å². The van der Waals surface area contributed by atoms with Crippen molar-refractivity contribution in [1.82, 2.24) is 5.43 Å². The number of rotatable bonds is 5. The lowest BCUT2D eigenvalue weighted by Gasteiger charge is -2.17. The van der Waals surface area contributed by atoms with Gasteiger partial charge in [-0.15, -0.1) is 0 Å². The molecule has 2 rings (SSSR count). The zero-order valence-electron chi connectivity index (χ0n) is 13.1. The molecular formula is C17H20BrN3O2. The molecule has 1 atom stereocenters. The van der Waals surface area contributed by atoms with Gasteiger partial charge >= 0.3 is 6.03 Å². The van der Waals surface area contributed by atoms with E-state index in [1.54, 1.807) is 0 Å². The molecule has 0 aromatic heterocycles. The predicted octanol–water partition coefficient (Wildman–Crippen LogP) is 4.03. The second-order valence-corrected chi connectivity index (χ2v) is 6.12. The van der Waals surface area contributed by atoms with Gasteiger partial charge in [-0.1, -0.05) is 40.2 Å². The summed E-state index contributed by atoms with van der Waals surface area (Å²) >= 11 is 3.42. The molecule has 0 saturated carbocycles. The number of carbonyl (C=O) groups is 1. The Morgan fingerprint density at radius 3 is 2.61 bits per heavy atom. The van der Waals surface area contributed by atoms with Crippen molar-refractivity contribution in [3.05, 3.63) is 63.6 Å². The van der Waals surface area contributed by atoms with Crippen LogP contribution in [0.25, 0.3) is 0 Å². The van der Waals surface area contributed by atoms with Crippen molar-refractivity contribution in [1.29, 1.82) is 0 Å². The van der Waals surface area contributed by atoms with Gasteiger partial charge in [-0.25, -0.2) is 10.6 Å². The number of ether oxygens (including phenoxy) is 1. The molecule has 0 spiro atoms. The van der Waals surface area contributed by atoms with Crippen molar-refractivity contribution in [3.63, 3.8) is 0 Å². The van der Waals surface area contributed by atoms with Crippen LogP contribution in [-0.4, -0.2) is 6.03 Å². The lowest BCUT2D eigenvalue weighted by Crippen LogP contribution is -2.34. The van der Waals surface area contributed by atoms with Crippen molar-refractivity contribution < 1.29 is 9.53 Å². The summed E-state index contributed by atoms with van der Waals surface area (Å²) in [6, 6.07) is 13.2. The molecule has 4 N–H and O–H groups in total. The molecule has 0 aliphatic rings. The summed E-state index contributed by atoms with van der Waals surface area (Å²) in [5.41, 5.74) is 5.82. The van der Waals surface area contributed by atoms with Gasteiger partial charge in [-0.2, -0.15) is 0 Å². The fourth-order valence-corrected chi connectivity index (χ4v) is 2.47. The van der Waals surface area contributed by atoms with E-state index in [-0.39, 0.29) is 6.10 Å². The lowest BCUT2D eigenvalue weighted by molar-refractivity contribution is 0.0526. The van der Waals surface area contributed by atoms with Crippen molar-refractivity contribution >= 4 is 27.6 Å². The van der Waals surface area contributed by atoms with Gasteiger partial charge in [0.05, 0.1) is 12.7 Å². The smallest absolute Gasteiger partial charge is 0.333 e. The topological polar surface area (TPSA) is 76.4 Å². The number of aryl methyl sites for hydroxylation is 1. The van der Waals surface area contributed by atoms with Crippen LogP contribution in [0.2, 0.25) is 0 Å². The van der Waals surface area contributed by atoms with Gasteiger partial charge in [0.2, 0.25) is 0 Å². The first kappa shape index (κ1) is 17.5. The number of halogens is 1. The molecule has 0 radical (unpaired) electrons. The highest BCUT2D eigenvalue weighted by Crippen LogP contribution is 2.25. The monoisotopic (exact) mass is 377 g/mol. The average Bonchev–Trinajstić information content (AvgIpc) is 2.54. The molecule has 23 heavy (non-hydrogen) atoms. The Kier molecular flexibility index (Phi) is 6.15. The highest BCUT2D eigenvalue weighted by atomic mass is 79.9. The van der Waals surface area contributed by atoms with Crippen LogP contribution in [-0.2, 0) is 11.3 Å². The summed E-state index contributed by atoms with van der Waals surface area (Å²) < 4.78 is 7.01. The predicted molar refractivity (Wildman–Crippen MR) is 94.9 cm³/mol. The van der Waals surface area contributed by atoms with Crippen LogP contribution < -0.4 is 16.6 Å². The van der Waals surface area contributed by atoms with Gasteiger partial charge < -0.3 is 10.1 Å². The van der Waals surface area contributed by atoms with Gasteiger partial charge in [0.25, 0.3) is 0 Å². The van der Waals surface area contributed by atoms with Crippen LogP contribution in [0.5, 0.6) is 0 Å². The molecule has 0 heterocycles.